The van der Waals surface area contributed by atoms with Gasteiger partial charge in [-0.1, -0.05) is 30.7 Å². The van der Waals surface area contributed by atoms with Crippen LogP contribution in [0, 0.1) is 6.92 Å². The quantitative estimate of drug-likeness (QED) is 0.490. The molecule has 1 aliphatic rings. The number of rotatable bonds is 8. The lowest BCUT2D eigenvalue weighted by molar-refractivity contribution is -0.121. The molecule has 1 N–H and O–H groups in total. The summed E-state index contributed by atoms with van der Waals surface area (Å²) in [5, 5.41) is 3.83. The molecule has 1 aliphatic heterocycles. The molecule has 34 heavy (non-hydrogen) atoms. The second-order valence-electron chi connectivity index (χ2n) is 9.26. The highest BCUT2D eigenvalue weighted by molar-refractivity contribution is 5.82. The van der Waals surface area contributed by atoms with E-state index in [1.165, 1.54) is 31.4 Å². The summed E-state index contributed by atoms with van der Waals surface area (Å²) in [5.74, 6) is 0.552. The van der Waals surface area contributed by atoms with Crippen molar-refractivity contribution in [3.05, 3.63) is 75.1 Å². The summed E-state index contributed by atoms with van der Waals surface area (Å²) in [6, 6.07) is 14.5. The lowest BCUT2D eigenvalue weighted by Gasteiger charge is -2.33. The van der Waals surface area contributed by atoms with Crippen LogP contribution in [0.3, 0.4) is 0 Å². The first-order valence-corrected chi connectivity index (χ1v) is 12.1. The van der Waals surface area contributed by atoms with Gasteiger partial charge in [0, 0.05) is 42.6 Å². The van der Waals surface area contributed by atoms with E-state index in [1.54, 1.807) is 13.2 Å². The van der Waals surface area contributed by atoms with Crippen LogP contribution < -0.4 is 15.7 Å². The van der Waals surface area contributed by atoms with Crippen LogP contribution in [0.4, 0.5) is 0 Å². The minimum atomic E-state index is -0.398. The Kier molecular flexibility index (Phi) is 7.68. The Morgan fingerprint density at radius 1 is 1.15 bits per heavy atom. The number of nitrogens with zero attached hydrogens (tertiary/aromatic N) is 1. The topological polar surface area (TPSA) is 71.8 Å². The van der Waals surface area contributed by atoms with Crippen molar-refractivity contribution in [3.63, 3.8) is 0 Å². The molecule has 1 amide bonds. The Bertz CT molecular complexity index is 1200. The third-order valence-corrected chi connectivity index (χ3v) is 6.94. The SMILES string of the molecule is COc1ccc2c(C)c(CCC(=O)NCc3ccc(CN4CCCCC4C)cc3)c(=O)oc2c1. The molecule has 6 heteroatoms. The number of methoxy groups -OCH3 is 1. The predicted octanol–water partition coefficient (Wildman–Crippen LogP) is 4.73. The minimum Gasteiger partial charge on any atom is -0.497 e. The van der Waals surface area contributed by atoms with Gasteiger partial charge >= 0.3 is 5.63 Å². The molecular formula is C28H34N2O4. The standard InChI is InChI=1S/C28H34N2O4/c1-19-6-4-5-15-30(19)18-22-9-7-21(8-10-22)17-29-27(31)14-13-25-20(2)24-12-11-23(33-3)16-26(24)34-28(25)32/h7-12,16,19H,4-6,13-15,17-18H2,1-3H3,(H,29,31). The van der Waals surface area contributed by atoms with Gasteiger partial charge in [0.05, 0.1) is 7.11 Å². The first-order valence-electron chi connectivity index (χ1n) is 12.1. The number of hydrogen-bond acceptors (Lipinski definition) is 5. The summed E-state index contributed by atoms with van der Waals surface area (Å²) >= 11 is 0. The Morgan fingerprint density at radius 3 is 2.65 bits per heavy atom. The molecular weight excluding hydrogens is 428 g/mol. The molecule has 0 radical (unpaired) electrons. The lowest BCUT2D eigenvalue weighted by Crippen LogP contribution is -2.36. The zero-order valence-corrected chi connectivity index (χ0v) is 20.4. The maximum Gasteiger partial charge on any atom is 0.339 e. The fourth-order valence-electron chi connectivity index (χ4n) is 4.71. The number of fused-ring (bicyclic) bond motifs is 1. The third kappa shape index (κ3) is 5.68. The van der Waals surface area contributed by atoms with Gasteiger partial charge in [0.15, 0.2) is 0 Å². The van der Waals surface area contributed by atoms with Gasteiger partial charge in [-0.15, -0.1) is 0 Å². The van der Waals surface area contributed by atoms with Gasteiger partial charge in [0.25, 0.3) is 0 Å². The molecule has 1 atom stereocenters. The maximum absolute atomic E-state index is 12.5. The first kappa shape index (κ1) is 24.0. The first-order chi connectivity index (χ1) is 16.4. The average molecular weight is 463 g/mol. The smallest absolute Gasteiger partial charge is 0.339 e. The zero-order chi connectivity index (χ0) is 24.1. The number of ether oxygens (including phenoxy) is 1. The van der Waals surface area contributed by atoms with Crippen molar-refractivity contribution in [1.82, 2.24) is 10.2 Å². The van der Waals surface area contributed by atoms with E-state index < -0.39 is 5.63 Å². The Hall–Kier alpha value is -3.12. The molecule has 4 rings (SSSR count). The Balaban J connectivity index is 1.30. The second-order valence-corrected chi connectivity index (χ2v) is 9.26. The van der Waals surface area contributed by atoms with Crippen LogP contribution in [0.25, 0.3) is 11.0 Å². The highest BCUT2D eigenvalue weighted by atomic mass is 16.5. The van der Waals surface area contributed by atoms with E-state index in [9.17, 15) is 9.59 Å². The number of benzene rings is 2. The molecule has 6 nitrogen and oxygen atoms in total. The molecule has 1 saturated heterocycles. The van der Waals surface area contributed by atoms with Crippen molar-refractivity contribution >= 4 is 16.9 Å². The van der Waals surface area contributed by atoms with Crippen LogP contribution >= 0.6 is 0 Å². The summed E-state index contributed by atoms with van der Waals surface area (Å²) in [4.78, 5) is 27.5. The number of carbonyl (C=O) groups excluding carboxylic acids is 1. The lowest BCUT2D eigenvalue weighted by atomic mass is 10.0. The van der Waals surface area contributed by atoms with Gasteiger partial charge in [0.2, 0.25) is 5.91 Å². The van der Waals surface area contributed by atoms with Crippen molar-refractivity contribution in [2.24, 2.45) is 0 Å². The van der Waals surface area contributed by atoms with Gasteiger partial charge in [-0.3, -0.25) is 9.69 Å². The Morgan fingerprint density at radius 2 is 1.91 bits per heavy atom. The fraction of sp³-hybridized carbons (Fsp3) is 0.429. The van der Waals surface area contributed by atoms with Gasteiger partial charge in [0.1, 0.15) is 11.3 Å². The molecule has 1 fully saturated rings. The van der Waals surface area contributed by atoms with Crippen molar-refractivity contribution in [1.29, 1.82) is 0 Å². The normalized spacial score (nSPS) is 16.5. The summed E-state index contributed by atoms with van der Waals surface area (Å²) in [7, 11) is 1.57. The average Bonchev–Trinajstić information content (AvgIpc) is 2.84. The molecule has 2 heterocycles. The molecule has 0 spiro atoms. The minimum absolute atomic E-state index is 0.0835. The summed E-state index contributed by atoms with van der Waals surface area (Å²) in [6.45, 7) is 6.83. The number of nitrogens with one attached hydrogen (secondary N) is 1. The van der Waals surface area contributed by atoms with Crippen LogP contribution in [0.2, 0.25) is 0 Å². The van der Waals surface area contributed by atoms with Gasteiger partial charge < -0.3 is 14.5 Å². The van der Waals surface area contributed by atoms with Crippen LogP contribution in [-0.2, 0) is 24.3 Å². The van der Waals surface area contributed by atoms with E-state index >= 15 is 0 Å². The molecule has 180 valence electrons. The van der Waals surface area contributed by atoms with Crippen molar-refractivity contribution < 1.29 is 13.9 Å². The summed E-state index contributed by atoms with van der Waals surface area (Å²) < 4.78 is 10.7. The van der Waals surface area contributed by atoms with Crippen molar-refractivity contribution in [2.45, 2.75) is 65.1 Å². The van der Waals surface area contributed by atoms with E-state index in [0.29, 0.717) is 35.9 Å². The van der Waals surface area contributed by atoms with E-state index in [2.05, 4.69) is 41.4 Å². The van der Waals surface area contributed by atoms with E-state index in [1.807, 2.05) is 19.1 Å². The molecule has 0 aliphatic carbocycles. The van der Waals surface area contributed by atoms with Crippen LogP contribution in [0.1, 0.15) is 54.9 Å². The van der Waals surface area contributed by atoms with Gasteiger partial charge in [-0.05, 0) is 68.5 Å². The van der Waals surface area contributed by atoms with Crippen molar-refractivity contribution in [2.75, 3.05) is 13.7 Å². The molecule has 3 aromatic rings. The predicted molar refractivity (Wildman–Crippen MR) is 134 cm³/mol. The zero-order valence-electron chi connectivity index (χ0n) is 20.4. The number of likely N-dealkylation sites (tertiary alicyclic amines) is 1. The highest BCUT2D eigenvalue weighted by Crippen LogP contribution is 2.24. The van der Waals surface area contributed by atoms with Crippen LogP contribution in [0.5, 0.6) is 5.75 Å². The Labute approximate surface area is 200 Å². The number of aryl methyl sites for hydroxylation is 1. The highest BCUT2D eigenvalue weighted by Gasteiger charge is 2.18. The molecule has 1 aromatic heterocycles. The number of amides is 1. The largest absolute Gasteiger partial charge is 0.497 e. The van der Waals surface area contributed by atoms with E-state index in [0.717, 1.165) is 23.1 Å². The molecule has 1 unspecified atom stereocenters. The fourth-order valence-corrected chi connectivity index (χ4v) is 4.71. The molecule has 0 bridgehead atoms. The molecule has 0 saturated carbocycles. The maximum atomic E-state index is 12.5. The van der Waals surface area contributed by atoms with Crippen molar-refractivity contribution in [3.8, 4) is 5.75 Å². The van der Waals surface area contributed by atoms with Gasteiger partial charge in [-0.2, -0.15) is 0 Å². The molecule has 2 aromatic carbocycles. The summed E-state index contributed by atoms with van der Waals surface area (Å²) in [5.41, 5.74) is 3.86. The number of piperidine rings is 1. The summed E-state index contributed by atoms with van der Waals surface area (Å²) in [6.07, 6.45) is 4.47. The third-order valence-electron chi connectivity index (χ3n) is 6.94. The van der Waals surface area contributed by atoms with E-state index in [-0.39, 0.29) is 12.3 Å². The number of hydrogen-bond donors (Lipinski definition) is 1. The van der Waals surface area contributed by atoms with E-state index in [4.69, 9.17) is 9.15 Å². The van der Waals surface area contributed by atoms with Gasteiger partial charge in [-0.25, -0.2) is 4.79 Å². The van der Waals surface area contributed by atoms with Crippen LogP contribution in [-0.4, -0.2) is 30.5 Å². The number of carbonyl (C=O) groups is 1. The second kappa shape index (κ2) is 10.9. The van der Waals surface area contributed by atoms with Crippen LogP contribution in [0.15, 0.2) is 51.7 Å². The monoisotopic (exact) mass is 462 g/mol.